The van der Waals surface area contributed by atoms with Crippen molar-refractivity contribution < 1.29 is 150 Å². The minimum absolute atomic E-state index is 0. The number of rotatable bonds is 14. The standard InChI is InChI=1S/C24H22P4.C14H11N.4C12H10.C8H6BrN.C6H7BO2.CH2O3.2K.Pd.H/c1-5-13-21(14-6-1)25-27(23-17-9-3-10-18-23)28(24-19-11-4-12-20-24)26-22-15-7-2-8-16-22;1-2-5-11(6-3-1)12-7-4-8-14-13(12)9-10-15-14;4*1-3-7-11(8-4-1)12-9-5-2-6-10-12;9-7-2-1-3-8-6(7)4-5-10-8;8-7(9)6-4-2-1-3-5-6;2-1-4-3;;;;/h1-20,25-26H;1-10,15H;4*1-10H;1-5,10H;1-5,8-9H;1,3H;;;;/q;;;;;;;;;2*+1;;-1/p-1. The Morgan fingerprint density at radius 2 is 0.538 bits per heavy atom. The van der Waals surface area contributed by atoms with Crippen molar-refractivity contribution in [1.82, 2.24) is 9.97 Å². The van der Waals surface area contributed by atoms with Gasteiger partial charge in [-0.2, -0.15) is 0 Å². The van der Waals surface area contributed by atoms with Gasteiger partial charge in [-0.1, -0.05) is 475 Å². The summed E-state index contributed by atoms with van der Waals surface area (Å²) in [5.41, 5.74) is 15.7. The van der Waals surface area contributed by atoms with Crippen LogP contribution in [-0.2, 0) is 30.1 Å². The predicted molar refractivity (Wildman–Crippen MR) is 497 cm³/mol. The number of hydrogen-bond acceptors (Lipinski definition) is 5. The summed E-state index contributed by atoms with van der Waals surface area (Å²) < 4.78 is 1.14. The van der Waals surface area contributed by atoms with E-state index in [9.17, 15) is 0 Å². The molecule has 2 aromatic heterocycles. The number of hydrogen-bond donors (Lipinski definition) is 4. The van der Waals surface area contributed by atoms with Gasteiger partial charge in [0.25, 0.3) is 6.47 Å². The van der Waals surface area contributed by atoms with Gasteiger partial charge in [0.1, 0.15) is 0 Å². The van der Waals surface area contributed by atoms with E-state index in [-0.39, 0.29) is 146 Å². The van der Waals surface area contributed by atoms with Crippen LogP contribution in [0.15, 0.2) is 490 Å². The van der Waals surface area contributed by atoms with Gasteiger partial charge in [-0.15, -0.1) is 0 Å². The average molecular weight is 1810 g/mol. The molecule has 0 saturated heterocycles. The van der Waals surface area contributed by atoms with E-state index in [2.05, 4.69) is 407 Å². The maximum atomic E-state index is 8.64. The van der Waals surface area contributed by atoms with Gasteiger partial charge in [-0.05, 0) is 127 Å². The Morgan fingerprint density at radius 3 is 0.795 bits per heavy atom. The summed E-state index contributed by atoms with van der Waals surface area (Å²) in [6, 6.07) is 163. The Kier molecular flexibility index (Phi) is 47.2. The number of aromatic amines is 2. The Balaban J connectivity index is 0.000000213. The van der Waals surface area contributed by atoms with Crippen LogP contribution < -0.4 is 135 Å². The molecule has 18 aromatic rings. The summed E-state index contributed by atoms with van der Waals surface area (Å²) in [7, 11) is -0.260. The zero-order valence-corrected chi connectivity index (χ0v) is 78.2. The van der Waals surface area contributed by atoms with Crippen LogP contribution in [0.3, 0.4) is 0 Å². The fourth-order valence-corrected chi connectivity index (χ4v) is 30.5. The van der Waals surface area contributed by atoms with Gasteiger partial charge in [-0.25, -0.2) is 0 Å². The molecular weight excluding hydrogens is 1720 g/mol. The first kappa shape index (κ1) is 96.3. The van der Waals surface area contributed by atoms with Gasteiger partial charge in [0.15, 0.2) is 0 Å². The van der Waals surface area contributed by atoms with Gasteiger partial charge >= 0.3 is 110 Å². The Labute approximate surface area is 803 Å². The van der Waals surface area contributed by atoms with E-state index in [0.717, 1.165) is 21.0 Å². The van der Waals surface area contributed by atoms with Gasteiger partial charge in [-0.3, -0.25) is 4.79 Å². The van der Waals surface area contributed by atoms with E-state index in [1.807, 2.05) is 85.2 Å². The molecule has 18 rings (SSSR count). The smallest absolute Gasteiger partial charge is 1.00 e. The molecule has 117 heavy (non-hydrogen) atoms. The molecule has 0 aliphatic rings. The summed E-state index contributed by atoms with van der Waals surface area (Å²) >= 11 is 3.46. The first-order valence-electron chi connectivity index (χ1n) is 37.0. The third-order valence-electron chi connectivity index (χ3n) is 17.1. The molecule has 0 aliphatic carbocycles. The number of carbonyl (C=O) groups is 1. The summed E-state index contributed by atoms with van der Waals surface area (Å²) in [4.78, 5) is 17.6. The van der Waals surface area contributed by atoms with Gasteiger partial charge in [0.2, 0.25) is 0 Å². The topological polar surface area (TPSA) is 121 Å². The molecule has 0 amide bonds. The predicted octanol–water partition coefficient (Wildman–Crippen LogP) is 18.5. The maximum Gasteiger partial charge on any atom is 1.00 e. The van der Waals surface area contributed by atoms with E-state index in [4.69, 9.17) is 20.1 Å². The molecule has 0 fully saturated rings. The molecule has 0 saturated carbocycles. The van der Waals surface area contributed by atoms with Crippen LogP contribution in [0.2, 0.25) is 0 Å². The Morgan fingerprint density at radius 1 is 0.308 bits per heavy atom. The van der Waals surface area contributed by atoms with E-state index >= 15 is 0 Å². The van der Waals surface area contributed by atoms with Crippen LogP contribution in [0, 0.1) is 0 Å². The van der Waals surface area contributed by atoms with Crippen molar-refractivity contribution in [2.24, 2.45) is 0 Å². The molecular formula is C101H88BBrK2N2O5P4Pd. The quantitative estimate of drug-likeness (QED) is 0.0284. The molecule has 0 radical (unpaired) electrons. The largest absolute Gasteiger partial charge is 1.00 e. The van der Waals surface area contributed by atoms with Crippen LogP contribution >= 0.6 is 47.1 Å². The third kappa shape index (κ3) is 34.1. The fraction of sp³-hybridized carbons (Fsp3) is 0. The van der Waals surface area contributed by atoms with Gasteiger partial charge in [0, 0.05) is 59.1 Å². The van der Waals surface area contributed by atoms with Crippen LogP contribution in [0.5, 0.6) is 0 Å². The molecule has 0 spiro atoms. The minimum Gasteiger partial charge on any atom is -1.00 e. The zero-order valence-electron chi connectivity index (χ0n) is 66.1. The zero-order chi connectivity index (χ0) is 79.1. The Bertz CT molecular complexity index is 5020. The maximum absolute atomic E-state index is 8.64. The van der Waals surface area contributed by atoms with Gasteiger partial charge < -0.3 is 31.6 Å². The number of carbonyl (C=O) groups excluding carboxylic acids is 1. The molecule has 0 bridgehead atoms. The molecule has 4 unspecified atom stereocenters. The second kappa shape index (κ2) is 57.3. The van der Waals surface area contributed by atoms with Crippen LogP contribution in [0.25, 0.3) is 77.4 Å². The first-order chi connectivity index (χ1) is 56.3. The molecule has 4 atom stereocenters. The second-order valence-corrected chi connectivity index (χ2v) is 38.4. The second-order valence-electron chi connectivity index (χ2n) is 24.9. The number of fused-ring (bicyclic) bond motifs is 2. The van der Waals surface area contributed by atoms with Crippen molar-refractivity contribution in [2.45, 2.75) is 0 Å². The summed E-state index contributed by atoms with van der Waals surface area (Å²) in [5.74, 6) is 0. The fourth-order valence-electron chi connectivity index (χ4n) is 11.5. The molecule has 16 aromatic carbocycles. The van der Waals surface area contributed by atoms with Crippen LogP contribution in [0.1, 0.15) is 1.43 Å². The number of halogens is 1. The van der Waals surface area contributed by atoms with Gasteiger partial charge in [0.05, 0.1) is 0 Å². The summed E-state index contributed by atoms with van der Waals surface area (Å²) in [6.45, 7) is -0.181. The molecule has 2 heterocycles. The normalized spacial score (nSPS) is 10.4. The Hall–Kier alpha value is -7.85. The van der Waals surface area contributed by atoms with E-state index < -0.39 is 7.12 Å². The third-order valence-corrected chi connectivity index (χ3v) is 35.5. The molecule has 574 valence electrons. The van der Waals surface area contributed by atoms with Crippen molar-refractivity contribution >= 4 is 109 Å². The number of benzene rings is 16. The van der Waals surface area contributed by atoms with Crippen LogP contribution in [0.4, 0.5) is 0 Å². The van der Waals surface area contributed by atoms with Crippen molar-refractivity contribution in [2.75, 3.05) is 0 Å². The van der Waals surface area contributed by atoms with E-state index in [1.54, 1.807) is 24.3 Å². The van der Waals surface area contributed by atoms with Crippen molar-refractivity contribution in [3.8, 4) is 55.6 Å². The van der Waals surface area contributed by atoms with E-state index in [1.165, 1.54) is 98.7 Å². The summed E-state index contributed by atoms with van der Waals surface area (Å²) in [5, 5.41) is 34.1. The molecule has 4 N–H and O–H groups in total. The SMILES string of the molecule is Brc1cccc2[nH]ccc12.O=CO[O-].OB(O)c1ccccc1.[H-].[K+].[K+].[Pd].c1ccc(-c2cccc3[nH]ccc23)cc1.c1ccc(-c2ccccc2)cc1.c1ccc(-c2ccccc2)cc1.c1ccc(-c2ccccc2)cc1.c1ccc(-c2ccccc2)cc1.c1ccc(PP(c2ccccc2)P(Pc2ccccc2)c2ccccc2)cc1. The molecule has 16 heteroatoms. The minimum atomic E-state index is -1.34. The van der Waals surface area contributed by atoms with Crippen LogP contribution in [-0.4, -0.2) is 33.6 Å². The van der Waals surface area contributed by atoms with E-state index in [0.29, 0.717) is 5.46 Å². The van der Waals surface area contributed by atoms with Crippen molar-refractivity contribution in [1.29, 1.82) is 0 Å². The number of H-pyrrole nitrogens is 2. The molecule has 7 nitrogen and oxygen atoms in total. The monoisotopic (exact) mass is 1810 g/mol. The average Bonchev–Trinajstić information content (AvgIpc) is 1.82. The van der Waals surface area contributed by atoms with Crippen molar-refractivity contribution in [3.05, 3.63) is 490 Å². The number of nitrogens with one attached hydrogen (secondary N) is 2. The summed E-state index contributed by atoms with van der Waals surface area (Å²) in [6.07, 6.45) is 3.92. The molecule has 0 aliphatic heterocycles. The first-order valence-corrected chi connectivity index (χ1v) is 44.9. The van der Waals surface area contributed by atoms with Crippen molar-refractivity contribution in [3.63, 3.8) is 0 Å². The number of aromatic nitrogens is 2.